The number of aliphatic imine (C=N–C) groups is 1. The smallest absolute Gasteiger partial charge is 0.191 e. The number of guanidine groups is 1. The third-order valence-electron chi connectivity index (χ3n) is 5.69. The second-order valence-corrected chi connectivity index (χ2v) is 8.73. The fourth-order valence-electron chi connectivity index (χ4n) is 4.04. The molecule has 29 heavy (non-hydrogen) atoms. The van der Waals surface area contributed by atoms with Crippen LogP contribution in [0.2, 0.25) is 0 Å². The van der Waals surface area contributed by atoms with Crippen molar-refractivity contribution < 1.29 is 0 Å². The fraction of sp³-hybridized carbons (Fsp3) is 0.619. The van der Waals surface area contributed by atoms with E-state index in [1.165, 1.54) is 42.1 Å². The maximum Gasteiger partial charge on any atom is 0.191 e. The molecule has 0 spiro atoms. The zero-order valence-electron chi connectivity index (χ0n) is 18.2. The second-order valence-electron chi connectivity index (χ2n) is 7.75. The molecule has 3 heterocycles. The lowest BCUT2D eigenvalue weighted by Crippen LogP contribution is -2.46. The summed E-state index contributed by atoms with van der Waals surface area (Å²) in [5.41, 5.74) is 3.68. The van der Waals surface area contributed by atoms with Gasteiger partial charge in [0.05, 0.1) is 11.7 Å². The van der Waals surface area contributed by atoms with Gasteiger partial charge >= 0.3 is 0 Å². The summed E-state index contributed by atoms with van der Waals surface area (Å²) in [6.07, 6.45) is 3.54. The van der Waals surface area contributed by atoms with Crippen LogP contribution in [0.15, 0.2) is 22.5 Å². The van der Waals surface area contributed by atoms with Gasteiger partial charge in [0.25, 0.3) is 0 Å². The van der Waals surface area contributed by atoms with Gasteiger partial charge in [0.15, 0.2) is 5.96 Å². The zero-order valence-corrected chi connectivity index (χ0v) is 21.4. The monoisotopic (exact) mass is 530 g/mol. The van der Waals surface area contributed by atoms with Crippen LogP contribution in [-0.4, -0.2) is 53.4 Å². The van der Waals surface area contributed by atoms with Crippen LogP contribution >= 0.6 is 35.3 Å². The van der Waals surface area contributed by atoms with Gasteiger partial charge < -0.3 is 10.6 Å². The summed E-state index contributed by atoms with van der Waals surface area (Å²) in [5, 5.41) is 13.8. The summed E-state index contributed by atoms with van der Waals surface area (Å²) in [6, 6.07) is 5.10. The minimum atomic E-state index is 0. The van der Waals surface area contributed by atoms with Crippen LogP contribution in [0, 0.1) is 13.8 Å². The van der Waals surface area contributed by atoms with Crippen molar-refractivity contribution in [3.05, 3.63) is 39.3 Å². The number of aryl methyl sites for hydroxylation is 2. The van der Waals surface area contributed by atoms with E-state index < -0.39 is 0 Å². The molecular weight excluding hydrogens is 495 g/mol. The maximum atomic E-state index is 4.53. The van der Waals surface area contributed by atoms with Crippen molar-refractivity contribution >= 4 is 41.3 Å². The van der Waals surface area contributed by atoms with Crippen molar-refractivity contribution in [2.45, 2.75) is 52.1 Å². The Labute approximate surface area is 196 Å². The quantitative estimate of drug-likeness (QED) is 0.326. The van der Waals surface area contributed by atoms with Crippen LogP contribution < -0.4 is 10.6 Å². The Morgan fingerprint density at radius 3 is 2.59 bits per heavy atom. The summed E-state index contributed by atoms with van der Waals surface area (Å²) >= 11 is 1.85. The highest BCUT2D eigenvalue weighted by Crippen LogP contribution is 2.27. The molecule has 2 aromatic rings. The summed E-state index contributed by atoms with van der Waals surface area (Å²) in [5.74, 6) is 0.868. The first-order valence-electron chi connectivity index (χ1n) is 10.2. The van der Waals surface area contributed by atoms with Crippen LogP contribution in [-0.2, 0) is 13.5 Å². The number of nitrogens with zero attached hydrogens (tertiary/aromatic N) is 4. The lowest BCUT2D eigenvalue weighted by Gasteiger charge is -2.28. The molecule has 2 N–H and O–H groups in total. The minimum Gasteiger partial charge on any atom is -0.354 e. The molecule has 2 unspecified atom stereocenters. The third kappa shape index (κ3) is 6.18. The third-order valence-corrected chi connectivity index (χ3v) is 6.67. The predicted molar refractivity (Wildman–Crippen MR) is 134 cm³/mol. The van der Waals surface area contributed by atoms with Gasteiger partial charge in [-0.3, -0.25) is 14.6 Å². The van der Waals surface area contributed by atoms with Gasteiger partial charge in [0.1, 0.15) is 0 Å². The standard InChI is InChI=1S/C21H34N6S.HI/c1-15(13-18-16(2)25-26(5)17(18)3)24-21(22-4)23-14-19(20-9-8-12-28-20)27-10-6-7-11-27;/h8-9,12,15,19H,6-7,10-11,13-14H2,1-5H3,(H2,22,23,24);1H. The van der Waals surface area contributed by atoms with Crippen LogP contribution in [0.1, 0.15) is 47.6 Å². The van der Waals surface area contributed by atoms with E-state index in [2.05, 4.69) is 63.9 Å². The number of aromatic nitrogens is 2. The number of likely N-dealkylation sites (tertiary alicyclic amines) is 1. The van der Waals surface area contributed by atoms with Crippen molar-refractivity contribution in [2.75, 3.05) is 26.7 Å². The molecule has 2 aromatic heterocycles. The van der Waals surface area contributed by atoms with Crippen molar-refractivity contribution in [3.8, 4) is 0 Å². The van der Waals surface area contributed by atoms with Gasteiger partial charge in [-0.1, -0.05) is 6.07 Å². The van der Waals surface area contributed by atoms with E-state index in [-0.39, 0.29) is 30.0 Å². The van der Waals surface area contributed by atoms with Crippen molar-refractivity contribution in [1.29, 1.82) is 0 Å². The highest BCUT2D eigenvalue weighted by molar-refractivity contribution is 14.0. The molecule has 0 aliphatic carbocycles. The van der Waals surface area contributed by atoms with E-state index in [4.69, 9.17) is 0 Å². The molecule has 2 atom stereocenters. The number of halogens is 1. The van der Waals surface area contributed by atoms with Gasteiger partial charge in [-0.05, 0) is 70.1 Å². The van der Waals surface area contributed by atoms with Crippen LogP contribution in [0.4, 0.5) is 0 Å². The molecule has 3 rings (SSSR count). The van der Waals surface area contributed by atoms with Crippen molar-refractivity contribution in [1.82, 2.24) is 25.3 Å². The average molecular weight is 531 g/mol. The Bertz CT molecular complexity index is 779. The van der Waals surface area contributed by atoms with Crippen LogP contribution in [0.25, 0.3) is 0 Å². The lowest BCUT2D eigenvalue weighted by atomic mass is 10.1. The summed E-state index contributed by atoms with van der Waals surface area (Å²) in [7, 11) is 3.85. The minimum absolute atomic E-state index is 0. The van der Waals surface area contributed by atoms with E-state index in [1.54, 1.807) is 0 Å². The first-order valence-corrected chi connectivity index (χ1v) is 11.1. The number of rotatable bonds is 7. The number of hydrogen-bond donors (Lipinski definition) is 2. The Kier molecular flexibility index (Phi) is 9.42. The van der Waals surface area contributed by atoms with E-state index in [1.807, 2.05) is 30.1 Å². The normalized spacial score (nSPS) is 17.1. The molecule has 8 heteroatoms. The second kappa shape index (κ2) is 11.3. The molecule has 1 fully saturated rings. The van der Waals surface area contributed by atoms with E-state index in [0.29, 0.717) is 6.04 Å². The molecule has 0 radical (unpaired) electrons. The lowest BCUT2D eigenvalue weighted by molar-refractivity contribution is 0.249. The number of nitrogens with one attached hydrogen (secondary N) is 2. The Morgan fingerprint density at radius 2 is 2.03 bits per heavy atom. The van der Waals surface area contributed by atoms with E-state index in [9.17, 15) is 0 Å². The highest BCUT2D eigenvalue weighted by atomic mass is 127. The molecule has 1 aliphatic heterocycles. The largest absolute Gasteiger partial charge is 0.354 e. The van der Waals surface area contributed by atoms with Crippen molar-refractivity contribution in [2.24, 2.45) is 12.0 Å². The molecule has 0 saturated carbocycles. The van der Waals surface area contributed by atoms with E-state index >= 15 is 0 Å². The predicted octanol–water partition coefficient (Wildman–Crippen LogP) is 3.65. The van der Waals surface area contributed by atoms with E-state index in [0.717, 1.165) is 24.6 Å². The first-order chi connectivity index (χ1) is 13.5. The molecule has 0 aromatic carbocycles. The molecular formula is C21H35IN6S. The Balaban J connectivity index is 0.00000300. The SMILES string of the molecule is CN=C(NCC(c1cccs1)N1CCCC1)NC(C)Cc1c(C)nn(C)c1C.I. The van der Waals surface area contributed by atoms with Crippen LogP contribution in [0.5, 0.6) is 0 Å². The molecule has 0 amide bonds. The van der Waals surface area contributed by atoms with Gasteiger partial charge in [-0.15, -0.1) is 35.3 Å². The fourth-order valence-corrected chi connectivity index (χ4v) is 4.90. The summed E-state index contributed by atoms with van der Waals surface area (Å²) in [6.45, 7) is 9.67. The Morgan fingerprint density at radius 1 is 1.31 bits per heavy atom. The zero-order chi connectivity index (χ0) is 20.1. The highest BCUT2D eigenvalue weighted by Gasteiger charge is 2.24. The molecule has 1 aliphatic rings. The van der Waals surface area contributed by atoms with Gasteiger partial charge in [0, 0.05) is 37.3 Å². The van der Waals surface area contributed by atoms with Gasteiger partial charge in [-0.25, -0.2) is 0 Å². The first kappa shape index (κ1) is 24.1. The van der Waals surface area contributed by atoms with Crippen LogP contribution in [0.3, 0.4) is 0 Å². The van der Waals surface area contributed by atoms with Gasteiger partial charge in [-0.2, -0.15) is 5.10 Å². The molecule has 162 valence electrons. The number of thiophene rings is 1. The van der Waals surface area contributed by atoms with Crippen molar-refractivity contribution in [3.63, 3.8) is 0 Å². The summed E-state index contributed by atoms with van der Waals surface area (Å²) in [4.78, 5) is 8.48. The molecule has 1 saturated heterocycles. The number of hydrogen-bond acceptors (Lipinski definition) is 4. The molecule has 6 nitrogen and oxygen atoms in total. The average Bonchev–Trinajstić information content (AvgIpc) is 3.42. The Hall–Kier alpha value is -1.13. The van der Waals surface area contributed by atoms with Gasteiger partial charge in [0.2, 0.25) is 0 Å². The summed E-state index contributed by atoms with van der Waals surface area (Å²) < 4.78 is 1.96. The topological polar surface area (TPSA) is 57.5 Å². The molecule has 0 bridgehead atoms. The maximum absolute atomic E-state index is 4.53.